The van der Waals surface area contributed by atoms with E-state index in [0.29, 0.717) is 5.76 Å². The van der Waals surface area contributed by atoms with Gasteiger partial charge >= 0.3 is 0 Å². The van der Waals surface area contributed by atoms with Crippen LogP contribution < -0.4 is 0 Å². The molecule has 2 fully saturated rings. The van der Waals surface area contributed by atoms with Crippen LogP contribution in [0.15, 0.2) is 11.8 Å². The van der Waals surface area contributed by atoms with Gasteiger partial charge in [-0.25, -0.2) is 0 Å². The van der Waals surface area contributed by atoms with Crippen LogP contribution in [0.25, 0.3) is 0 Å². The van der Waals surface area contributed by atoms with E-state index in [9.17, 15) is 5.11 Å². The van der Waals surface area contributed by atoms with Crippen molar-refractivity contribution in [2.75, 3.05) is 6.61 Å². The summed E-state index contributed by atoms with van der Waals surface area (Å²) in [7, 11) is 0. The predicted octanol–water partition coefficient (Wildman–Crippen LogP) is 0.0589. The maximum absolute atomic E-state index is 9.36. The predicted molar refractivity (Wildman–Crippen MR) is 57.7 cm³/mol. The Hall–Kier alpha value is -1.86. The first kappa shape index (κ1) is 10.7. The summed E-state index contributed by atoms with van der Waals surface area (Å²) in [5.41, 5.74) is 0. The first-order valence-electron chi connectivity index (χ1n) is 4.91. The monoisotopic (exact) mass is 214 g/mol. The number of epoxide rings is 1. The first-order chi connectivity index (χ1) is 7.83. The summed E-state index contributed by atoms with van der Waals surface area (Å²) in [5.74, 6) is 16.4. The molecule has 3 atom stereocenters. The Morgan fingerprint density at radius 1 is 1.31 bits per heavy atom. The third-order valence-corrected chi connectivity index (χ3v) is 2.21. The van der Waals surface area contributed by atoms with Gasteiger partial charge in [0.15, 0.2) is 0 Å². The van der Waals surface area contributed by atoms with Gasteiger partial charge in [-0.15, -0.1) is 0 Å². The van der Waals surface area contributed by atoms with Crippen molar-refractivity contribution in [2.24, 2.45) is 0 Å². The summed E-state index contributed by atoms with van der Waals surface area (Å²) in [5, 5.41) is 9.36. The van der Waals surface area contributed by atoms with Crippen molar-refractivity contribution in [1.29, 1.82) is 0 Å². The third-order valence-electron chi connectivity index (χ3n) is 2.21. The highest BCUT2D eigenvalue weighted by atomic mass is 16.6. The zero-order valence-electron chi connectivity index (χ0n) is 8.78. The van der Waals surface area contributed by atoms with Crippen LogP contribution in [0.1, 0.15) is 6.92 Å². The molecule has 2 heterocycles. The summed E-state index contributed by atoms with van der Waals surface area (Å²) in [6.45, 7) is 1.98. The molecule has 0 radical (unpaired) electrons. The van der Waals surface area contributed by atoms with E-state index in [2.05, 4.69) is 35.5 Å². The summed E-state index contributed by atoms with van der Waals surface area (Å²) in [6, 6.07) is 0. The smallest absolute Gasteiger partial charge is 0.145 e. The molecule has 2 aliphatic heterocycles. The van der Waals surface area contributed by atoms with Crippen molar-refractivity contribution < 1.29 is 14.6 Å². The summed E-state index contributed by atoms with van der Waals surface area (Å²) >= 11 is 0. The Labute approximate surface area is 94.4 Å². The lowest BCUT2D eigenvalue weighted by Crippen LogP contribution is -2.29. The van der Waals surface area contributed by atoms with E-state index >= 15 is 0 Å². The van der Waals surface area contributed by atoms with Gasteiger partial charge in [-0.1, -0.05) is 11.8 Å². The van der Waals surface area contributed by atoms with E-state index in [-0.39, 0.29) is 18.8 Å². The molecule has 0 aromatic rings. The highest BCUT2D eigenvalue weighted by Crippen LogP contribution is 2.36. The summed E-state index contributed by atoms with van der Waals surface area (Å²) in [4.78, 5) is 0. The molecule has 0 aliphatic carbocycles. The molecule has 1 N–H and O–H groups in total. The highest BCUT2D eigenvalue weighted by Gasteiger charge is 2.51. The molecule has 0 aromatic heterocycles. The number of hydrogen-bond acceptors (Lipinski definition) is 3. The molecule has 0 aromatic carbocycles. The third kappa shape index (κ3) is 2.38. The van der Waals surface area contributed by atoms with Gasteiger partial charge in [-0.2, -0.15) is 0 Å². The summed E-state index contributed by atoms with van der Waals surface area (Å²) < 4.78 is 10.5. The van der Waals surface area contributed by atoms with Gasteiger partial charge in [0.2, 0.25) is 0 Å². The fourth-order valence-corrected chi connectivity index (χ4v) is 1.40. The minimum Gasteiger partial charge on any atom is -0.492 e. The van der Waals surface area contributed by atoms with Crippen LogP contribution >= 0.6 is 0 Å². The number of rotatable bonds is 0. The zero-order valence-corrected chi connectivity index (χ0v) is 8.78. The minimum atomic E-state index is -0.519. The van der Waals surface area contributed by atoms with Gasteiger partial charge in [0, 0.05) is 6.08 Å². The van der Waals surface area contributed by atoms with Crippen LogP contribution in [0.3, 0.4) is 0 Å². The Balaban J connectivity index is 1.94. The number of aliphatic hydroxyl groups is 1. The minimum absolute atomic E-state index is 0.112. The Morgan fingerprint density at radius 3 is 2.94 bits per heavy atom. The van der Waals surface area contributed by atoms with Crippen LogP contribution in [0.4, 0.5) is 0 Å². The van der Waals surface area contributed by atoms with Gasteiger partial charge in [-0.3, -0.25) is 0 Å². The number of fused-ring (bicyclic) bond motifs is 1. The van der Waals surface area contributed by atoms with Gasteiger partial charge in [0.05, 0.1) is 0 Å². The van der Waals surface area contributed by atoms with Gasteiger partial charge < -0.3 is 14.6 Å². The lowest BCUT2D eigenvalue weighted by Gasteiger charge is -2.15. The number of hydrogen-bond donors (Lipinski definition) is 1. The molecule has 3 heteroatoms. The fraction of sp³-hybridized carbons (Fsp3) is 0.385. The number of ether oxygens (including phenoxy) is 2. The molecule has 0 bridgehead atoms. The molecule has 16 heavy (non-hydrogen) atoms. The maximum atomic E-state index is 9.36. The lowest BCUT2D eigenvalue weighted by atomic mass is 10.1. The average Bonchev–Trinajstić information content (AvgIpc) is 3.07. The van der Waals surface area contributed by atoms with Crippen LogP contribution in [-0.4, -0.2) is 30.0 Å². The molecule has 0 unspecified atom stereocenters. The molecule has 2 rings (SSSR count). The van der Waals surface area contributed by atoms with E-state index in [4.69, 9.17) is 9.47 Å². The van der Waals surface area contributed by atoms with Crippen LogP contribution in [0.5, 0.6) is 0 Å². The van der Waals surface area contributed by atoms with Crippen molar-refractivity contribution in [3.63, 3.8) is 0 Å². The van der Waals surface area contributed by atoms with Gasteiger partial charge in [0.1, 0.15) is 30.7 Å². The second-order valence-corrected chi connectivity index (χ2v) is 3.34. The van der Waals surface area contributed by atoms with E-state index in [1.54, 1.807) is 13.0 Å². The fourth-order valence-electron chi connectivity index (χ4n) is 1.40. The van der Waals surface area contributed by atoms with Crippen LogP contribution in [0, 0.1) is 35.5 Å². The molecule has 2 saturated heterocycles. The Morgan fingerprint density at radius 2 is 2.12 bits per heavy atom. The van der Waals surface area contributed by atoms with E-state index in [1.165, 1.54) is 0 Å². The SMILES string of the molecule is CC#CC#CC#C/C=C1/OC[C@@H](O)[C@@H]2O[C@H]12. The van der Waals surface area contributed by atoms with Crippen LogP contribution in [-0.2, 0) is 9.47 Å². The van der Waals surface area contributed by atoms with Crippen molar-refractivity contribution >= 4 is 0 Å². The summed E-state index contributed by atoms with van der Waals surface area (Å²) in [6.07, 6.45) is 0.875. The van der Waals surface area contributed by atoms with E-state index in [1.807, 2.05) is 0 Å². The van der Waals surface area contributed by atoms with E-state index in [0.717, 1.165) is 0 Å². The molecule has 3 nitrogen and oxygen atoms in total. The second-order valence-electron chi connectivity index (χ2n) is 3.34. The Bertz CT molecular complexity index is 484. The molecular weight excluding hydrogens is 204 g/mol. The molecule has 80 valence electrons. The Kier molecular flexibility index (Phi) is 3.18. The van der Waals surface area contributed by atoms with Crippen LogP contribution in [0.2, 0.25) is 0 Å². The number of aliphatic hydroxyl groups excluding tert-OH is 1. The number of allylic oxidation sites excluding steroid dienone is 1. The first-order valence-corrected chi connectivity index (χ1v) is 4.91. The molecule has 0 amide bonds. The molecular formula is C13H10O3. The van der Waals surface area contributed by atoms with Gasteiger partial charge in [-0.05, 0) is 30.6 Å². The molecule has 2 aliphatic rings. The second kappa shape index (κ2) is 4.77. The van der Waals surface area contributed by atoms with Crippen molar-refractivity contribution in [3.05, 3.63) is 11.8 Å². The van der Waals surface area contributed by atoms with Crippen molar-refractivity contribution in [2.45, 2.75) is 25.2 Å². The molecule has 0 spiro atoms. The standard InChI is InChI=1S/C13H10O3/c1-2-3-4-5-6-7-8-11-13-12(16-13)10(14)9-15-11/h8,10,12-14H,9H2,1H3/b11-8+/t10-,12+,13-/m1/s1. The quantitative estimate of drug-likeness (QED) is 0.458. The van der Waals surface area contributed by atoms with Crippen molar-refractivity contribution in [1.82, 2.24) is 0 Å². The van der Waals surface area contributed by atoms with E-state index < -0.39 is 6.10 Å². The lowest BCUT2D eigenvalue weighted by molar-refractivity contribution is 0.0445. The zero-order chi connectivity index (χ0) is 11.4. The molecule has 0 saturated carbocycles. The largest absolute Gasteiger partial charge is 0.492 e. The normalized spacial score (nSPS) is 31.6. The average molecular weight is 214 g/mol. The topological polar surface area (TPSA) is 42.0 Å². The highest BCUT2D eigenvalue weighted by molar-refractivity contribution is 5.38. The van der Waals surface area contributed by atoms with Crippen molar-refractivity contribution in [3.8, 4) is 35.5 Å². The van der Waals surface area contributed by atoms with Gasteiger partial charge in [0.25, 0.3) is 0 Å². The maximum Gasteiger partial charge on any atom is 0.145 e.